The number of phenols is 1. The summed E-state index contributed by atoms with van der Waals surface area (Å²) in [5, 5.41) is 21.6. The van der Waals surface area contributed by atoms with Crippen LogP contribution in [0.25, 0.3) is 0 Å². The topological polar surface area (TPSA) is 73.1 Å². The summed E-state index contributed by atoms with van der Waals surface area (Å²) in [6, 6.07) is 6.98. The number of rotatable bonds is 4. The minimum Gasteiger partial charge on any atom is -0.507 e. The SMILES string of the molecule is CCC(C#N)(CC)NC(=O)c1ccc(C)cc1O. The van der Waals surface area contributed by atoms with Crippen LogP contribution in [0.4, 0.5) is 0 Å². The molecule has 1 amide bonds. The molecular formula is C14H18N2O2. The summed E-state index contributed by atoms with van der Waals surface area (Å²) in [5.74, 6) is -0.482. The minimum absolute atomic E-state index is 0.0634. The second-order valence-corrected chi connectivity index (χ2v) is 4.38. The van der Waals surface area contributed by atoms with Gasteiger partial charge < -0.3 is 10.4 Å². The summed E-state index contributed by atoms with van der Waals surface area (Å²) < 4.78 is 0. The summed E-state index contributed by atoms with van der Waals surface area (Å²) in [5.41, 5.74) is 0.206. The van der Waals surface area contributed by atoms with E-state index in [1.165, 1.54) is 6.07 Å². The number of aryl methyl sites for hydroxylation is 1. The Kier molecular flexibility index (Phi) is 4.33. The summed E-state index contributed by atoms with van der Waals surface area (Å²) in [7, 11) is 0. The maximum Gasteiger partial charge on any atom is 0.256 e. The number of carbonyl (C=O) groups excluding carboxylic acids is 1. The largest absolute Gasteiger partial charge is 0.507 e. The van der Waals surface area contributed by atoms with Crippen LogP contribution in [-0.2, 0) is 0 Å². The lowest BCUT2D eigenvalue weighted by Gasteiger charge is -2.25. The summed E-state index contributed by atoms with van der Waals surface area (Å²) >= 11 is 0. The number of hydrogen-bond acceptors (Lipinski definition) is 3. The smallest absolute Gasteiger partial charge is 0.256 e. The van der Waals surface area contributed by atoms with Crippen LogP contribution in [-0.4, -0.2) is 16.6 Å². The van der Waals surface area contributed by atoms with Gasteiger partial charge in [-0.25, -0.2) is 0 Å². The van der Waals surface area contributed by atoms with Crippen LogP contribution in [0.5, 0.6) is 5.75 Å². The molecular weight excluding hydrogens is 228 g/mol. The first-order valence-electron chi connectivity index (χ1n) is 6.01. The van der Waals surface area contributed by atoms with E-state index in [1.807, 2.05) is 20.8 Å². The van der Waals surface area contributed by atoms with Crippen LogP contribution in [0.3, 0.4) is 0 Å². The second-order valence-electron chi connectivity index (χ2n) is 4.38. The van der Waals surface area contributed by atoms with Gasteiger partial charge in [0.25, 0.3) is 5.91 Å². The molecule has 1 rings (SSSR count). The summed E-state index contributed by atoms with van der Waals surface area (Å²) in [6.07, 6.45) is 1.05. The Morgan fingerprint density at radius 3 is 2.50 bits per heavy atom. The molecule has 96 valence electrons. The van der Waals surface area contributed by atoms with Crippen molar-refractivity contribution in [3.8, 4) is 11.8 Å². The molecule has 0 unspecified atom stereocenters. The van der Waals surface area contributed by atoms with Gasteiger partial charge in [0.1, 0.15) is 11.3 Å². The first-order chi connectivity index (χ1) is 8.48. The van der Waals surface area contributed by atoms with Crippen molar-refractivity contribution >= 4 is 5.91 Å². The highest BCUT2D eigenvalue weighted by Gasteiger charge is 2.28. The van der Waals surface area contributed by atoms with Gasteiger partial charge in [0.2, 0.25) is 0 Å². The summed E-state index contributed by atoms with van der Waals surface area (Å²) in [6.45, 7) is 5.53. The highest BCUT2D eigenvalue weighted by Crippen LogP contribution is 2.21. The molecule has 0 radical (unpaired) electrons. The highest BCUT2D eigenvalue weighted by atomic mass is 16.3. The van der Waals surface area contributed by atoms with Crippen LogP contribution < -0.4 is 5.32 Å². The second kappa shape index (κ2) is 5.54. The van der Waals surface area contributed by atoms with E-state index < -0.39 is 11.4 Å². The molecule has 0 saturated carbocycles. The number of benzene rings is 1. The molecule has 0 aliphatic carbocycles. The lowest BCUT2D eigenvalue weighted by atomic mass is 9.94. The molecule has 0 heterocycles. The highest BCUT2D eigenvalue weighted by molar-refractivity contribution is 5.97. The van der Waals surface area contributed by atoms with Crippen molar-refractivity contribution in [2.24, 2.45) is 0 Å². The third kappa shape index (κ3) is 2.80. The molecule has 18 heavy (non-hydrogen) atoms. The van der Waals surface area contributed by atoms with Crippen molar-refractivity contribution in [3.05, 3.63) is 29.3 Å². The normalized spacial score (nSPS) is 10.8. The summed E-state index contributed by atoms with van der Waals surface area (Å²) in [4.78, 5) is 12.0. The lowest BCUT2D eigenvalue weighted by molar-refractivity contribution is 0.0913. The Balaban J connectivity index is 2.99. The molecule has 2 N–H and O–H groups in total. The van der Waals surface area contributed by atoms with Crippen LogP contribution in [0.2, 0.25) is 0 Å². The fraction of sp³-hybridized carbons (Fsp3) is 0.429. The molecule has 0 aliphatic rings. The zero-order chi connectivity index (χ0) is 13.8. The van der Waals surface area contributed by atoms with Crippen molar-refractivity contribution in [3.63, 3.8) is 0 Å². The molecule has 1 aromatic rings. The minimum atomic E-state index is -0.867. The van der Waals surface area contributed by atoms with E-state index in [0.717, 1.165) is 5.56 Å². The molecule has 0 bridgehead atoms. The van der Waals surface area contributed by atoms with Gasteiger partial charge in [-0.3, -0.25) is 4.79 Å². The number of carbonyl (C=O) groups is 1. The molecule has 0 fully saturated rings. The number of phenolic OH excluding ortho intramolecular Hbond substituents is 1. The Bertz CT molecular complexity index is 485. The van der Waals surface area contributed by atoms with Gasteiger partial charge >= 0.3 is 0 Å². The molecule has 1 aromatic carbocycles. The fourth-order valence-corrected chi connectivity index (χ4v) is 1.73. The van der Waals surface area contributed by atoms with Gasteiger partial charge in [-0.2, -0.15) is 5.26 Å². The number of aromatic hydroxyl groups is 1. The van der Waals surface area contributed by atoms with E-state index in [-0.39, 0.29) is 11.3 Å². The van der Waals surface area contributed by atoms with Gasteiger partial charge in [-0.1, -0.05) is 19.9 Å². The van der Waals surface area contributed by atoms with Crippen molar-refractivity contribution in [2.75, 3.05) is 0 Å². The predicted octanol–water partition coefficient (Wildman–Crippen LogP) is 2.51. The van der Waals surface area contributed by atoms with Crippen molar-refractivity contribution in [2.45, 2.75) is 39.2 Å². The lowest BCUT2D eigenvalue weighted by Crippen LogP contribution is -2.46. The number of nitrogens with zero attached hydrogens (tertiary/aromatic N) is 1. The fourth-order valence-electron chi connectivity index (χ4n) is 1.73. The third-order valence-electron chi connectivity index (χ3n) is 3.17. The predicted molar refractivity (Wildman–Crippen MR) is 69.2 cm³/mol. The van der Waals surface area contributed by atoms with Crippen molar-refractivity contribution in [1.29, 1.82) is 5.26 Å². The Hall–Kier alpha value is -2.02. The number of amides is 1. The van der Waals surface area contributed by atoms with E-state index in [1.54, 1.807) is 12.1 Å². The van der Waals surface area contributed by atoms with Crippen LogP contribution in [0.15, 0.2) is 18.2 Å². The molecule has 0 atom stereocenters. The van der Waals surface area contributed by atoms with E-state index in [2.05, 4.69) is 11.4 Å². The van der Waals surface area contributed by atoms with Crippen LogP contribution >= 0.6 is 0 Å². The molecule has 0 saturated heterocycles. The van der Waals surface area contributed by atoms with Crippen LogP contribution in [0.1, 0.15) is 42.6 Å². The number of hydrogen-bond donors (Lipinski definition) is 2. The standard InChI is InChI=1S/C14H18N2O2/c1-4-14(5-2,9-15)16-13(18)11-7-6-10(3)8-12(11)17/h6-8,17H,4-5H2,1-3H3,(H,16,18). The Morgan fingerprint density at radius 1 is 1.44 bits per heavy atom. The third-order valence-corrected chi connectivity index (χ3v) is 3.17. The average Bonchev–Trinajstić information content (AvgIpc) is 2.36. The van der Waals surface area contributed by atoms with Crippen molar-refractivity contribution in [1.82, 2.24) is 5.32 Å². The van der Waals surface area contributed by atoms with Gasteiger partial charge in [0, 0.05) is 0 Å². The number of nitriles is 1. The Labute approximate surface area is 107 Å². The Morgan fingerprint density at radius 2 is 2.06 bits per heavy atom. The van der Waals surface area contributed by atoms with E-state index in [4.69, 9.17) is 5.26 Å². The van der Waals surface area contributed by atoms with Gasteiger partial charge in [0.05, 0.1) is 11.6 Å². The average molecular weight is 246 g/mol. The monoisotopic (exact) mass is 246 g/mol. The quantitative estimate of drug-likeness (QED) is 0.857. The van der Waals surface area contributed by atoms with Gasteiger partial charge in [-0.05, 0) is 37.5 Å². The van der Waals surface area contributed by atoms with Gasteiger partial charge in [0.15, 0.2) is 0 Å². The zero-order valence-electron chi connectivity index (χ0n) is 10.9. The first kappa shape index (κ1) is 14.0. The van der Waals surface area contributed by atoms with E-state index in [9.17, 15) is 9.90 Å². The van der Waals surface area contributed by atoms with E-state index in [0.29, 0.717) is 12.8 Å². The van der Waals surface area contributed by atoms with Gasteiger partial charge in [-0.15, -0.1) is 0 Å². The maximum atomic E-state index is 12.0. The van der Waals surface area contributed by atoms with Crippen LogP contribution in [0, 0.1) is 18.3 Å². The molecule has 0 spiro atoms. The molecule has 0 aromatic heterocycles. The zero-order valence-corrected chi connectivity index (χ0v) is 10.9. The molecule has 0 aliphatic heterocycles. The van der Waals surface area contributed by atoms with E-state index >= 15 is 0 Å². The first-order valence-corrected chi connectivity index (χ1v) is 6.01. The molecule has 4 heteroatoms. The molecule has 4 nitrogen and oxygen atoms in total. The maximum absolute atomic E-state index is 12.0. The van der Waals surface area contributed by atoms with Crippen molar-refractivity contribution < 1.29 is 9.90 Å². The number of nitrogens with one attached hydrogen (secondary N) is 1.